The average molecular weight is 300 g/mol. The molecule has 7 heteroatoms. The molecule has 7 nitrogen and oxygen atoms in total. The first-order chi connectivity index (χ1) is 10.6. The van der Waals surface area contributed by atoms with Gasteiger partial charge in [-0.15, -0.1) is 0 Å². The second kappa shape index (κ2) is 4.72. The number of carbonyl (C=O) groups excluding carboxylic acids is 1. The molecule has 0 aromatic carbocycles. The van der Waals surface area contributed by atoms with E-state index in [-0.39, 0.29) is 23.7 Å². The molecule has 2 unspecified atom stereocenters. The molecule has 0 saturated carbocycles. The number of nitrogens with zero attached hydrogens (tertiary/aromatic N) is 3. The minimum absolute atomic E-state index is 0.0522. The van der Waals surface area contributed by atoms with Crippen LogP contribution in [0.2, 0.25) is 0 Å². The van der Waals surface area contributed by atoms with E-state index in [1.54, 1.807) is 6.20 Å². The van der Waals surface area contributed by atoms with E-state index in [4.69, 9.17) is 0 Å². The van der Waals surface area contributed by atoms with Crippen molar-refractivity contribution < 1.29 is 9.21 Å². The smallest absolute Gasteiger partial charge is 0.416 e. The van der Waals surface area contributed by atoms with Crippen molar-refractivity contribution in [3.63, 3.8) is 0 Å². The van der Waals surface area contributed by atoms with Gasteiger partial charge in [0.15, 0.2) is 0 Å². The molecule has 1 amide bonds. The number of hydrogen-bond acceptors (Lipinski definition) is 4. The first-order valence-corrected chi connectivity index (χ1v) is 7.32. The number of oxazole rings is 1. The van der Waals surface area contributed by atoms with Crippen LogP contribution >= 0.6 is 0 Å². The van der Waals surface area contributed by atoms with E-state index >= 15 is 0 Å². The molecule has 2 aromatic heterocycles. The fourth-order valence-electron chi connectivity index (χ4n) is 3.51. The Morgan fingerprint density at radius 1 is 1.45 bits per heavy atom. The van der Waals surface area contributed by atoms with Crippen LogP contribution in [-0.2, 0) is 7.05 Å². The summed E-state index contributed by atoms with van der Waals surface area (Å²) in [5.74, 6) is 0.186. The summed E-state index contributed by atoms with van der Waals surface area (Å²) in [6.07, 6.45) is 9.71. The molecule has 2 atom stereocenters. The summed E-state index contributed by atoms with van der Waals surface area (Å²) < 4.78 is 6.67. The Kier molecular flexibility index (Phi) is 2.82. The quantitative estimate of drug-likeness (QED) is 0.902. The summed E-state index contributed by atoms with van der Waals surface area (Å²) >= 11 is 0. The van der Waals surface area contributed by atoms with Crippen LogP contribution < -0.4 is 5.76 Å². The zero-order chi connectivity index (χ0) is 15.3. The summed E-state index contributed by atoms with van der Waals surface area (Å²) in [5, 5.41) is 0. The number of aryl methyl sites for hydroxylation is 1. The van der Waals surface area contributed by atoms with Crippen molar-refractivity contribution in [2.45, 2.75) is 31.3 Å². The third kappa shape index (κ3) is 1.93. The lowest BCUT2D eigenvalue weighted by atomic mass is 10.00. The number of fused-ring (bicyclic) bond motifs is 2. The van der Waals surface area contributed by atoms with E-state index in [1.807, 2.05) is 22.7 Å². The van der Waals surface area contributed by atoms with Crippen molar-refractivity contribution in [1.82, 2.24) is 19.4 Å². The monoisotopic (exact) mass is 300 g/mol. The minimum Gasteiger partial charge on any atom is -0.416 e. The molecule has 114 valence electrons. The Morgan fingerprint density at radius 3 is 2.95 bits per heavy atom. The van der Waals surface area contributed by atoms with Gasteiger partial charge in [0.05, 0.1) is 6.04 Å². The van der Waals surface area contributed by atoms with Crippen LogP contribution in [0.1, 0.15) is 35.6 Å². The van der Waals surface area contributed by atoms with Gasteiger partial charge in [0.25, 0.3) is 5.91 Å². The fraction of sp³-hybridized carbons (Fsp3) is 0.400. The molecule has 1 saturated heterocycles. The highest BCUT2D eigenvalue weighted by atomic mass is 16.4. The normalized spacial score (nSPS) is 23.7. The van der Waals surface area contributed by atoms with Gasteiger partial charge in [0.2, 0.25) is 0 Å². The van der Waals surface area contributed by atoms with Crippen LogP contribution in [0.5, 0.6) is 0 Å². The Morgan fingerprint density at radius 2 is 2.32 bits per heavy atom. The van der Waals surface area contributed by atoms with Crippen LogP contribution in [0.4, 0.5) is 0 Å². The SMILES string of the molecule is Cn1ccnc1C1=CC2CCC(C1)N2C(=O)c1coc(=O)[nH]1. The van der Waals surface area contributed by atoms with Gasteiger partial charge >= 0.3 is 5.76 Å². The maximum atomic E-state index is 12.6. The molecule has 4 rings (SSSR count). The summed E-state index contributed by atoms with van der Waals surface area (Å²) in [6.45, 7) is 0. The summed E-state index contributed by atoms with van der Waals surface area (Å²) in [5.41, 5.74) is 1.40. The second-order valence-corrected chi connectivity index (χ2v) is 5.83. The summed E-state index contributed by atoms with van der Waals surface area (Å²) in [4.78, 5) is 32.4. The molecule has 22 heavy (non-hydrogen) atoms. The molecule has 2 aromatic rings. The topological polar surface area (TPSA) is 84.1 Å². The third-order valence-electron chi connectivity index (χ3n) is 4.49. The maximum Gasteiger partial charge on any atom is 0.416 e. The van der Waals surface area contributed by atoms with Gasteiger partial charge in [-0.2, -0.15) is 0 Å². The van der Waals surface area contributed by atoms with Crippen LogP contribution in [-0.4, -0.2) is 37.4 Å². The van der Waals surface area contributed by atoms with Gasteiger partial charge in [0, 0.05) is 25.5 Å². The highest BCUT2D eigenvalue weighted by Crippen LogP contribution is 2.38. The third-order valence-corrected chi connectivity index (χ3v) is 4.49. The molecule has 2 bridgehead atoms. The van der Waals surface area contributed by atoms with E-state index in [9.17, 15) is 9.59 Å². The van der Waals surface area contributed by atoms with Crippen LogP contribution in [0, 0.1) is 0 Å². The van der Waals surface area contributed by atoms with Gasteiger partial charge in [-0.05, 0) is 24.8 Å². The Labute approximate surface area is 126 Å². The lowest BCUT2D eigenvalue weighted by Crippen LogP contribution is -2.43. The molecule has 2 aliphatic rings. The molecule has 1 fully saturated rings. The number of aromatic nitrogens is 3. The van der Waals surface area contributed by atoms with Gasteiger partial charge in [-0.1, -0.05) is 6.08 Å². The maximum absolute atomic E-state index is 12.6. The van der Waals surface area contributed by atoms with Crippen LogP contribution in [0.25, 0.3) is 5.57 Å². The van der Waals surface area contributed by atoms with Crippen molar-refractivity contribution in [2.24, 2.45) is 7.05 Å². The summed E-state index contributed by atoms with van der Waals surface area (Å²) in [6, 6.07) is 0.198. The predicted octanol–water partition coefficient (Wildman–Crippen LogP) is 1.16. The predicted molar refractivity (Wildman–Crippen MR) is 78.1 cm³/mol. The number of amides is 1. The molecule has 0 spiro atoms. The molecule has 0 radical (unpaired) electrons. The Bertz CT molecular complexity index is 813. The van der Waals surface area contributed by atoms with E-state index in [0.717, 1.165) is 25.1 Å². The lowest BCUT2D eigenvalue weighted by Gasteiger charge is -2.33. The van der Waals surface area contributed by atoms with Crippen LogP contribution in [0.15, 0.2) is 33.9 Å². The standard InChI is InChI=1S/C15H16N4O3/c1-18-5-4-16-13(18)9-6-10-2-3-11(7-9)19(10)14(20)12-8-22-15(21)17-12/h4-6,8,10-11H,2-3,7H2,1H3,(H,17,21). The first kappa shape index (κ1) is 13.1. The molecular formula is C15H16N4O3. The van der Waals surface area contributed by atoms with E-state index in [1.165, 1.54) is 11.8 Å². The number of H-pyrrole nitrogens is 1. The average Bonchev–Trinajstić information content (AvgIpc) is 3.17. The molecule has 0 aliphatic carbocycles. The number of rotatable bonds is 2. The van der Waals surface area contributed by atoms with Gasteiger partial charge in [0.1, 0.15) is 17.8 Å². The number of carbonyl (C=O) groups is 1. The Hall–Kier alpha value is -2.57. The fourth-order valence-corrected chi connectivity index (χ4v) is 3.51. The molecule has 2 aliphatic heterocycles. The van der Waals surface area contributed by atoms with Gasteiger partial charge in [-0.25, -0.2) is 9.78 Å². The highest BCUT2D eigenvalue weighted by Gasteiger charge is 2.41. The second-order valence-electron chi connectivity index (χ2n) is 5.83. The van der Waals surface area contributed by atoms with Crippen LogP contribution in [0.3, 0.4) is 0 Å². The zero-order valence-corrected chi connectivity index (χ0v) is 12.2. The Balaban J connectivity index is 1.65. The van der Waals surface area contributed by atoms with Crippen molar-refractivity contribution in [3.8, 4) is 0 Å². The van der Waals surface area contributed by atoms with Gasteiger partial charge < -0.3 is 13.9 Å². The van der Waals surface area contributed by atoms with E-state index in [2.05, 4.69) is 20.5 Å². The number of imidazole rings is 1. The lowest BCUT2D eigenvalue weighted by molar-refractivity contribution is 0.0686. The number of hydrogen-bond donors (Lipinski definition) is 1. The first-order valence-electron chi connectivity index (χ1n) is 7.32. The summed E-state index contributed by atoms with van der Waals surface area (Å²) in [7, 11) is 1.97. The van der Waals surface area contributed by atoms with Gasteiger partial charge in [-0.3, -0.25) is 9.78 Å². The van der Waals surface area contributed by atoms with E-state index < -0.39 is 5.76 Å². The molecule has 1 N–H and O–H groups in total. The van der Waals surface area contributed by atoms with Crippen molar-refractivity contribution in [3.05, 3.63) is 46.8 Å². The molecular weight excluding hydrogens is 284 g/mol. The molecule has 4 heterocycles. The van der Waals surface area contributed by atoms with Crippen molar-refractivity contribution >= 4 is 11.5 Å². The largest absolute Gasteiger partial charge is 0.416 e. The zero-order valence-electron chi connectivity index (χ0n) is 12.2. The number of aromatic amines is 1. The van der Waals surface area contributed by atoms with Crippen molar-refractivity contribution in [2.75, 3.05) is 0 Å². The van der Waals surface area contributed by atoms with E-state index in [0.29, 0.717) is 0 Å². The minimum atomic E-state index is -0.600. The highest BCUT2D eigenvalue weighted by molar-refractivity contribution is 5.93. The number of nitrogens with one attached hydrogen (secondary N) is 1. The van der Waals surface area contributed by atoms with Crippen molar-refractivity contribution in [1.29, 1.82) is 0 Å².